The highest BCUT2D eigenvalue weighted by Crippen LogP contribution is 2.34. The van der Waals surface area contributed by atoms with Gasteiger partial charge in [0.05, 0.1) is 0 Å². The second kappa shape index (κ2) is 7.57. The first-order valence-corrected chi connectivity index (χ1v) is 9.52. The van der Waals surface area contributed by atoms with Gasteiger partial charge in [-0.1, -0.05) is 40.5 Å². The largest absolute Gasteiger partial charge is 0.271 e. The van der Waals surface area contributed by atoms with Crippen molar-refractivity contribution in [3.63, 3.8) is 0 Å². The van der Waals surface area contributed by atoms with Crippen LogP contribution < -0.4 is 11.3 Å². The normalized spacial score (nSPS) is 25.3. The van der Waals surface area contributed by atoms with Crippen molar-refractivity contribution >= 4 is 51.1 Å². The van der Waals surface area contributed by atoms with Crippen LogP contribution in [0.2, 0.25) is 5.02 Å². The second-order valence-electron chi connectivity index (χ2n) is 4.62. The van der Waals surface area contributed by atoms with Crippen LogP contribution in [0, 0.1) is 0 Å². The van der Waals surface area contributed by atoms with E-state index in [1.165, 1.54) is 11.5 Å². The zero-order valence-electron chi connectivity index (χ0n) is 10.7. The molecule has 0 aliphatic carbocycles. The molecule has 6 heteroatoms. The summed E-state index contributed by atoms with van der Waals surface area (Å²) in [7, 11) is 0. The molecule has 1 saturated heterocycles. The molecule has 0 saturated carbocycles. The Morgan fingerprint density at radius 2 is 2.21 bits per heavy atom. The van der Waals surface area contributed by atoms with Gasteiger partial charge in [0.25, 0.3) is 0 Å². The molecule has 1 heterocycles. The summed E-state index contributed by atoms with van der Waals surface area (Å²) in [4.78, 5) is 0. The predicted molar refractivity (Wildman–Crippen MR) is 92.1 cm³/mol. The quantitative estimate of drug-likeness (QED) is 0.616. The molecule has 1 aromatic rings. The molecule has 0 spiro atoms. The van der Waals surface area contributed by atoms with Crippen molar-refractivity contribution < 1.29 is 0 Å². The Morgan fingerprint density at radius 1 is 1.47 bits per heavy atom. The fourth-order valence-corrected chi connectivity index (χ4v) is 5.98. The Bertz CT molecular complexity index is 433. The molecule has 1 aliphatic heterocycles. The van der Waals surface area contributed by atoms with Crippen LogP contribution in [0.5, 0.6) is 0 Å². The van der Waals surface area contributed by atoms with E-state index in [2.05, 4.69) is 34.3 Å². The van der Waals surface area contributed by atoms with Crippen molar-refractivity contribution in [1.29, 1.82) is 0 Å². The number of nitrogens with two attached hydrogens (primary N) is 1. The molecule has 1 fully saturated rings. The van der Waals surface area contributed by atoms with Gasteiger partial charge >= 0.3 is 0 Å². The third kappa shape index (κ3) is 4.29. The average Bonchev–Trinajstić information content (AvgIpc) is 2.39. The fraction of sp³-hybridized carbons (Fsp3) is 0.538. The van der Waals surface area contributed by atoms with Crippen molar-refractivity contribution in [2.75, 3.05) is 11.5 Å². The number of hydrogen-bond donors (Lipinski definition) is 2. The summed E-state index contributed by atoms with van der Waals surface area (Å²) in [5.74, 6) is 8.20. The summed E-state index contributed by atoms with van der Waals surface area (Å²) in [6, 6.07) is 6.30. The number of nitrogens with one attached hydrogen (secondary N) is 1. The Hall–Kier alpha value is 0.610. The van der Waals surface area contributed by atoms with Gasteiger partial charge in [-0.2, -0.15) is 23.5 Å². The highest BCUT2D eigenvalue weighted by molar-refractivity contribution is 9.10. The average molecular weight is 382 g/mol. The molecule has 3 atom stereocenters. The summed E-state index contributed by atoms with van der Waals surface area (Å²) in [6.45, 7) is 2.29. The van der Waals surface area contributed by atoms with Crippen molar-refractivity contribution in [3.8, 4) is 0 Å². The number of rotatable bonds is 4. The van der Waals surface area contributed by atoms with E-state index in [1.807, 2.05) is 35.7 Å². The lowest BCUT2D eigenvalue weighted by Crippen LogP contribution is -2.48. The Balaban J connectivity index is 2.09. The first kappa shape index (κ1) is 16.0. The van der Waals surface area contributed by atoms with Gasteiger partial charge < -0.3 is 0 Å². The van der Waals surface area contributed by atoms with Gasteiger partial charge in [0, 0.05) is 37.5 Å². The van der Waals surface area contributed by atoms with Crippen LogP contribution in [-0.4, -0.2) is 28.0 Å². The summed E-state index contributed by atoms with van der Waals surface area (Å²) in [5.41, 5.74) is 4.14. The van der Waals surface area contributed by atoms with Crippen molar-refractivity contribution in [2.45, 2.75) is 29.9 Å². The van der Waals surface area contributed by atoms with E-state index in [9.17, 15) is 0 Å². The van der Waals surface area contributed by atoms with Gasteiger partial charge in [0.1, 0.15) is 0 Å². The molecule has 2 rings (SSSR count). The Morgan fingerprint density at radius 3 is 2.84 bits per heavy atom. The van der Waals surface area contributed by atoms with Crippen LogP contribution in [0.1, 0.15) is 12.5 Å². The van der Waals surface area contributed by atoms with E-state index in [-0.39, 0.29) is 6.04 Å². The standard InChI is InChI=1S/C13H18BrClN2S2/c1-8-13(19-5-4-18-8)12(17-16)6-9-2-3-10(14)7-11(9)15/h2-3,7-8,12-13,17H,4-6,16H2,1H3. The zero-order valence-corrected chi connectivity index (χ0v) is 14.7. The number of halogens is 2. The molecule has 106 valence electrons. The van der Waals surface area contributed by atoms with Crippen molar-refractivity contribution in [1.82, 2.24) is 5.43 Å². The molecule has 1 aliphatic rings. The van der Waals surface area contributed by atoms with Crippen LogP contribution >= 0.6 is 51.1 Å². The minimum atomic E-state index is 0.256. The summed E-state index contributed by atoms with van der Waals surface area (Å²) in [6.07, 6.45) is 0.866. The minimum absolute atomic E-state index is 0.256. The first-order chi connectivity index (χ1) is 9.11. The molecule has 1 aromatic carbocycles. The van der Waals surface area contributed by atoms with Crippen LogP contribution in [0.4, 0.5) is 0 Å². The van der Waals surface area contributed by atoms with E-state index in [1.54, 1.807) is 0 Å². The molecular formula is C13H18BrClN2S2. The highest BCUT2D eigenvalue weighted by Gasteiger charge is 2.30. The van der Waals surface area contributed by atoms with E-state index in [0.717, 1.165) is 21.5 Å². The number of hydrazine groups is 1. The van der Waals surface area contributed by atoms with Gasteiger partial charge in [0.2, 0.25) is 0 Å². The number of thioether (sulfide) groups is 2. The van der Waals surface area contributed by atoms with E-state index >= 15 is 0 Å². The second-order valence-corrected chi connectivity index (χ2v) is 8.72. The Labute approximate surface area is 136 Å². The molecule has 0 amide bonds. The van der Waals surface area contributed by atoms with Crippen LogP contribution in [-0.2, 0) is 6.42 Å². The first-order valence-electron chi connectivity index (χ1n) is 6.25. The van der Waals surface area contributed by atoms with Gasteiger partial charge in [-0.3, -0.25) is 11.3 Å². The van der Waals surface area contributed by atoms with E-state index in [4.69, 9.17) is 17.4 Å². The Kier molecular flexibility index (Phi) is 6.37. The minimum Gasteiger partial charge on any atom is -0.271 e. The lowest BCUT2D eigenvalue weighted by Gasteiger charge is -2.34. The molecule has 0 bridgehead atoms. The third-order valence-electron chi connectivity index (χ3n) is 3.30. The van der Waals surface area contributed by atoms with Crippen LogP contribution in [0.25, 0.3) is 0 Å². The van der Waals surface area contributed by atoms with E-state index < -0.39 is 0 Å². The lowest BCUT2D eigenvalue weighted by molar-refractivity contribution is 0.501. The van der Waals surface area contributed by atoms with Gasteiger partial charge in [-0.05, 0) is 24.1 Å². The van der Waals surface area contributed by atoms with Crippen LogP contribution in [0.3, 0.4) is 0 Å². The third-order valence-corrected chi connectivity index (χ3v) is 7.40. The van der Waals surface area contributed by atoms with Gasteiger partial charge in [-0.25, -0.2) is 0 Å². The maximum absolute atomic E-state index is 6.30. The van der Waals surface area contributed by atoms with Crippen molar-refractivity contribution in [3.05, 3.63) is 33.3 Å². The molecule has 3 N–H and O–H groups in total. The maximum Gasteiger partial charge on any atom is 0.0449 e. The lowest BCUT2D eigenvalue weighted by atomic mass is 10.0. The maximum atomic E-state index is 6.30. The molecule has 0 aromatic heterocycles. The monoisotopic (exact) mass is 380 g/mol. The smallest absolute Gasteiger partial charge is 0.0449 e. The summed E-state index contributed by atoms with van der Waals surface area (Å²) < 4.78 is 1.01. The molecule has 19 heavy (non-hydrogen) atoms. The summed E-state index contributed by atoms with van der Waals surface area (Å²) >= 11 is 13.8. The van der Waals surface area contributed by atoms with Gasteiger partial charge in [0.15, 0.2) is 0 Å². The molecular weight excluding hydrogens is 364 g/mol. The predicted octanol–water partition coefficient (Wildman–Crippen LogP) is 3.71. The topological polar surface area (TPSA) is 38.0 Å². The van der Waals surface area contributed by atoms with Gasteiger partial charge in [-0.15, -0.1) is 0 Å². The highest BCUT2D eigenvalue weighted by atomic mass is 79.9. The van der Waals surface area contributed by atoms with Crippen LogP contribution in [0.15, 0.2) is 22.7 Å². The summed E-state index contributed by atoms with van der Waals surface area (Å²) in [5, 5.41) is 1.95. The van der Waals surface area contributed by atoms with E-state index in [0.29, 0.717) is 10.5 Å². The zero-order chi connectivity index (χ0) is 13.8. The van der Waals surface area contributed by atoms with Crippen molar-refractivity contribution in [2.24, 2.45) is 5.84 Å². The fourth-order valence-electron chi connectivity index (χ4n) is 2.29. The molecule has 0 radical (unpaired) electrons. The SMILES string of the molecule is CC1SCCSC1C(Cc1ccc(Br)cc1Cl)NN. The number of hydrogen-bond acceptors (Lipinski definition) is 4. The molecule has 2 nitrogen and oxygen atoms in total. The molecule has 3 unspecified atom stereocenters. The number of benzene rings is 1.